The van der Waals surface area contributed by atoms with Crippen molar-refractivity contribution in [2.75, 3.05) is 32.8 Å². The van der Waals surface area contributed by atoms with E-state index < -0.39 is 0 Å². The molecule has 188 valence electrons. The van der Waals surface area contributed by atoms with Crippen molar-refractivity contribution in [1.82, 2.24) is 9.30 Å². The second kappa shape index (κ2) is 13.7. The second-order valence-electron chi connectivity index (χ2n) is 8.80. The summed E-state index contributed by atoms with van der Waals surface area (Å²) in [5.41, 5.74) is 2.41. The molecule has 0 N–H and O–H groups in total. The van der Waals surface area contributed by atoms with Gasteiger partial charge in [0.25, 0.3) is 0 Å². The fraction of sp³-hybridized carbons (Fsp3) is 0.448. The molecule has 0 bridgehead atoms. The molecule has 0 aliphatic carbocycles. The zero-order chi connectivity index (χ0) is 25.0. The van der Waals surface area contributed by atoms with Gasteiger partial charge in [-0.3, -0.25) is 4.79 Å². The smallest absolute Gasteiger partial charge is 0.338 e. The first-order valence-corrected chi connectivity index (χ1v) is 12.8. The Hall–Kier alpha value is -3.12. The lowest BCUT2D eigenvalue weighted by Crippen LogP contribution is -2.28. The van der Waals surface area contributed by atoms with Gasteiger partial charge in [-0.1, -0.05) is 26.7 Å². The van der Waals surface area contributed by atoms with Crippen LogP contribution in [0.15, 0.2) is 54.9 Å². The summed E-state index contributed by atoms with van der Waals surface area (Å²) in [6, 6.07) is 12.5. The Morgan fingerprint density at radius 3 is 2.14 bits per heavy atom. The van der Waals surface area contributed by atoms with E-state index in [0.29, 0.717) is 29.9 Å². The van der Waals surface area contributed by atoms with E-state index in [1.165, 1.54) is 25.7 Å². The van der Waals surface area contributed by atoms with Gasteiger partial charge in [-0.25, -0.2) is 4.79 Å². The quantitative estimate of drug-likeness (QED) is 0.152. The largest absolute Gasteiger partial charge is 0.494 e. The number of nitrogens with zero attached hydrogens (tertiary/aromatic N) is 2. The fourth-order valence-electron chi connectivity index (χ4n) is 4.02. The van der Waals surface area contributed by atoms with Crippen LogP contribution in [0.4, 0.5) is 0 Å². The highest BCUT2D eigenvalue weighted by Crippen LogP contribution is 2.19. The van der Waals surface area contributed by atoms with E-state index in [4.69, 9.17) is 9.47 Å². The Bertz CT molecular complexity index is 1080. The van der Waals surface area contributed by atoms with Crippen molar-refractivity contribution in [1.29, 1.82) is 0 Å². The molecule has 35 heavy (non-hydrogen) atoms. The SMILES string of the molecule is CCCCN(CCCC)CCCOc1ccc(C(=O)c2cc3cc(C(=O)OCC)ccn3c2)cc1. The Morgan fingerprint density at radius 1 is 0.829 bits per heavy atom. The summed E-state index contributed by atoms with van der Waals surface area (Å²) < 4.78 is 12.8. The first-order chi connectivity index (χ1) is 17.0. The van der Waals surface area contributed by atoms with Gasteiger partial charge in [-0.15, -0.1) is 0 Å². The third-order valence-corrected chi connectivity index (χ3v) is 6.03. The lowest BCUT2D eigenvalue weighted by molar-refractivity contribution is 0.0526. The molecule has 0 atom stereocenters. The van der Waals surface area contributed by atoms with Gasteiger partial charge in [0.05, 0.1) is 18.8 Å². The van der Waals surface area contributed by atoms with Gasteiger partial charge in [0.2, 0.25) is 0 Å². The minimum atomic E-state index is -0.366. The maximum atomic E-state index is 13.0. The summed E-state index contributed by atoms with van der Waals surface area (Å²) in [5, 5.41) is 0. The predicted molar refractivity (Wildman–Crippen MR) is 140 cm³/mol. The Labute approximate surface area is 208 Å². The Balaban J connectivity index is 1.54. The second-order valence-corrected chi connectivity index (χ2v) is 8.80. The molecule has 3 aromatic rings. The van der Waals surface area contributed by atoms with Crippen LogP contribution in [0.25, 0.3) is 5.52 Å². The number of hydrogen-bond donors (Lipinski definition) is 0. The molecule has 0 amide bonds. The van der Waals surface area contributed by atoms with Gasteiger partial charge >= 0.3 is 5.97 Å². The highest BCUT2D eigenvalue weighted by molar-refractivity contribution is 6.09. The predicted octanol–water partition coefficient (Wildman–Crippen LogP) is 6.02. The van der Waals surface area contributed by atoms with Crippen molar-refractivity contribution in [2.45, 2.75) is 52.9 Å². The molecule has 0 aliphatic rings. The fourth-order valence-corrected chi connectivity index (χ4v) is 4.02. The van der Waals surface area contributed by atoms with E-state index in [2.05, 4.69) is 18.7 Å². The van der Waals surface area contributed by atoms with Crippen LogP contribution in [0, 0.1) is 0 Å². The van der Waals surface area contributed by atoms with Crippen molar-refractivity contribution < 1.29 is 19.1 Å². The minimum Gasteiger partial charge on any atom is -0.494 e. The molecule has 0 spiro atoms. The maximum absolute atomic E-state index is 13.0. The summed E-state index contributed by atoms with van der Waals surface area (Å²) >= 11 is 0. The molecular formula is C29H38N2O4. The van der Waals surface area contributed by atoms with Crippen LogP contribution < -0.4 is 4.74 Å². The van der Waals surface area contributed by atoms with Crippen LogP contribution in [0.5, 0.6) is 5.75 Å². The number of esters is 1. The van der Waals surface area contributed by atoms with Crippen molar-refractivity contribution in [3.8, 4) is 5.75 Å². The molecule has 0 unspecified atom stereocenters. The molecule has 2 aromatic heterocycles. The number of benzene rings is 1. The number of hydrogen-bond acceptors (Lipinski definition) is 5. The van der Waals surface area contributed by atoms with E-state index in [-0.39, 0.29) is 11.8 Å². The van der Waals surface area contributed by atoms with Gasteiger partial charge < -0.3 is 18.8 Å². The van der Waals surface area contributed by atoms with Gasteiger partial charge in [0.15, 0.2) is 5.78 Å². The first-order valence-electron chi connectivity index (χ1n) is 12.8. The maximum Gasteiger partial charge on any atom is 0.338 e. The third-order valence-electron chi connectivity index (χ3n) is 6.03. The summed E-state index contributed by atoms with van der Waals surface area (Å²) in [5.74, 6) is 0.339. The van der Waals surface area contributed by atoms with Gasteiger partial charge in [-0.05, 0) is 81.7 Å². The van der Waals surface area contributed by atoms with Gasteiger partial charge in [0, 0.05) is 35.6 Å². The van der Waals surface area contributed by atoms with Crippen LogP contribution in [-0.2, 0) is 4.74 Å². The molecule has 0 aliphatic heterocycles. The van der Waals surface area contributed by atoms with Crippen LogP contribution >= 0.6 is 0 Å². The van der Waals surface area contributed by atoms with Crippen LogP contribution in [-0.4, -0.2) is 53.9 Å². The molecule has 0 fully saturated rings. The van der Waals surface area contributed by atoms with Crippen LogP contribution in [0.1, 0.15) is 79.2 Å². The molecule has 6 heteroatoms. The average Bonchev–Trinajstić information content (AvgIpc) is 3.31. The van der Waals surface area contributed by atoms with E-state index in [9.17, 15) is 9.59 Å². The van der Waals surface area contributed by atoms with Crippen LogP contribution in [0.2, 0.25) is 0 Å². The summed E-state index contributed by atoms with van der Waals surface area (Å²) in [6.07, 6.45) is 9.45. The number of unbranched alkanes of at least 4 members (excludes halogenated alkanes) is 2. The number of carbonyl (C=O) groups excluding carboxylic acids is 2. The normalized spacial score (nSPS) is 11.2. The highest BCUT2D eigenvalue weighted by Gasteiger charge is 2.14. The van der Waals surface area contributed by atoms with Crippen molar-refractivity contribution in [3.63, 3.8) is 0 Å². The Kier molecular flexibility index (Phi) is 10.4. The molecule has 2 heterocycles. The number of ketones is 1. The van der Waals surface area contributed by atoms with Crippen molar-refractivity contribution >= 4 is 17.3 Å². The molecule has 6 nitrogen and oxygen atoms in total. The monoisotopic (exact) mass is 478 g/mol. The summed E-state index contributed by atoms with van der Waals surface area (Å²) in [4.78, 5) is 27.5. The molecule has 0 radical (unpaired) electrons. The zero-order valence-electron chi connectivity index (χ0n) is 21.3. The van der Waals surface area contributed by atoms with Crippen molar-refractivity contribution in [2.24, 2.45) is 0 Å². The summed E-state index contributed by atoms with van der Waals surface area (Å²) in [6.45, 7) is 10.6. The topological polar surface area (TPSA) is 60.2 Å². The molecule has 3 rings (SSSR count). The van der Waals surface area contributed by atoms with Crippen LogP contribution in [0.3, 0.4) is 0 Å². The standard InChI is InChI=1S/C29H38N2O4/c1-4-7-15-30(16-8-5-2)17-9-19-35-27-12-10-23(11-13-27)28(32)25-21-26-20-24(29(33)34-6-3)14-18-31(26)22-25/h10-14,18,20-22H,4-9,15-17,19H2,1-3H3. The zero-order valence-corrected chi connectivity index (χ0v) is 21.3. The van der Waals surface area contributed by atoms with Gasteiger partial charge in [-0.2, -0.15) is 0 Å². The minimum absolute atomic E-state index is 0.0691. The number of ether oxygens (including phenoxy) is 2. The first kappa shape index (κ1) is 26.5. The molecule has 0 saturated carbocycles. The third kappa shape index (κ3) is 7.69. The number of pyridine rings is 1. The number of aromatic nitrogens is 1. The Morgan fingerprint density at radius 2 is 1.49 bits per heavy atom. The van der Waals surface area contributed by atoms with E-state index in [1.807, 2.05) is 16.5 Å². The van der Waals surface area contributed by atoms with E-state index in [0.717, 1.165) is 37.3 Å². The van der Waals surface area contributed by atoms with E-state index >= 15 is 0 Å². The number of rotatable bonds is 15. The van der Waals surface area contributed by atoms with Crippen molar-refractivity contribution in [3.05, 3.63) is 71.5 Å². The van der Waals surface area contributed by atoms with Gasteiger partial charge in [0.1, 0.15) is 5.75 Å². The molecule has 0 saturated heterocycles. The highest BCUT2D eigenvalue weighted by atomic mass is 16.5. The van der Waals surface area contributed by atoms with E-state index in [1.54, 1.807) is 49.6 Å². The lowest BCUT2D eigenvalue weighted by Gasteiger charge is -2.21. The average molecular weight is 479 g/mol. The number of fused-ring (bicyclic) bond motifs is 1. The molecular weight excluding hydrogens is 440 g/mol. The molecule has 1 aromatic carbocycles. The number of carbonyl (C=O) groups is 2. The summed E-state index contributed by atoms with van der Waals surface area (Å²) in [7, 11) is 0. The lowest BCUT2D eigenvalue weighted by atomic mass is 10.1.